The zero-order valence-corrected chi connectivity index (χ0v) is 19.3. The number of hydrogen-bond donors (Lipinski definition) is 3. The molecule has 156 valence electrons. The monoisotopic (exact) mass is 630 g/mol. The van der Waals surface area contributed by atoms with Gasteiger partial charge in [-0.2, -0.15) is 11.8 Å². The van der Waals surface area contributed by atoms with E-state index >= 15 is 0 Å². The van der Waals surface area contributed by atoms with Crippen LogP contribution in [-0.2, 0) is 14.4 Å². The molecule has 6 nitrogen and oxygen atoms in total. The van der Waals surface area contributed by atoms with Gasteiger partial charge >= 0.3 is 11.9 Å². The molecular weight excluding hydrogens is 599 g/mol. The van der Waals surface area contributed by atoms with Crippen LogP contribution in [0, 0.1) is 29.1 Å². The predicted octanol–water partition coefficient (Wildman–Crippen LogP) is 2.72. The second-order valence-electron chi connectivity index (χ2n) is 8.37. The van der Waals surface area contributed by atoms with Crippen LogP contribution in [0.15, 0.2) is 0 Å². The van der Waals surface area contributed by atoms with Gasteiger partial charge in [-0.05, 0) is 41.6 Å². The number of carboxylic acid groups (broad SMARTS) is 2. The van der Waals surface area contributed by atoms with Crippen LogP contribution in [0.2, 0.25) is 0 Å². The molecule has 0 aromatic carbocycles. The molecule has 1 fully saturated rings. The van der Waals surface area contributed by atoms with Crippen LogP contribution < -0.4 is 5.32 Å². The second kappa shape index (κ2) is 9.46. The number of carbonyl (C=O) groups is 3. The average molecular weight is 631 g/mol. The van der Waals surface area contributed by atoms with Gasteiger partial charge in [-0.3, -0.25) is 9.59 Å². The summed E-state index contributed by atoms with van der Waals surface area (Å²) < 4.78 is 0. The minimum absolute atomic E-state index is 0. The molecule has 1 aliphatic rings. The largest absolute Gasteiger partial charge is 0.481 e. The Hall–Kier alpha value is -2.24. The summed E-state index contributed by atoms with van der Waals surface area (Å²) in [5.41, 5.74) is -0.661. The van der Waals surface area contributed by atoms with Crippen LogP contribution in [0.4, 0.5) is 0 Å². The van der Waals surface area contributed by atoms with E-state index in [9.17, 15) is 24.6 Å². The Labute approximate surface area is 154 Å². The van der Waals surface area contributed by atoms with Gasteiger partial charge < -0.3 is 15.5 Å². The molecule has 0 aliphatic carbocycles. The Morgan fingerprint density at radius 3 is 2.08 bits per heavy atom. The Balaban J connectivity index is 0.00000625. The van der Waals surface area contributed by atoms with Crippen molar-refractivity contribution in [3.63, 3.8) is 0 Å². The SMILES string of the molecule is CC(C)CC(C(=O)NC(C(=O)O)C(C)(C)C)C(C(=O)O)C1CCSC1.[Fm]. The summed E-state index contributed by atoms with van der Waals surface area (Å²) in [6.45, 7) is 9.12. The van der Waals surface area contributed by atoms with Crippen molar-refractivity contribution < 1.29 is 24.6 Å². The van der Waals surface area contributed by atoms with Gasteiger partial charge in [0.05, 0.1) is 11.8 Å². The Morgan fingerprint density at radius 2 is 1.73 bits per heavy atom. The van der Waals surface area contributed by atoms with Gasteiger partial charge in [-0.15, -0.1) is 0 Å². The number of amides is 1. The summed E-state index contributed by atoms with van der Waals surface area (Å²) in [5.74, 6) is -2.27. The average Bonchev–Trinajstić information content (AvgIpc) is 2.95. The van der Waals surface area contributed by atoms with Crippen molar-refractivity contribution >= 4 is 29.6 Å². The molecule has 1 aliphatic heterocycles. The Kier molecular flexibility index (Phi) is 8.64. The molecule has 1 rings (SSSR count). The Morgan fingerprint density at radius 1 is 1.15 bits per heavy atom. The molecule has 0 aromatic rings. The molecule has 1 amide bonds. The number of hydrogen-bond acceptors (Lipinski definition) is 4. The molecule has 8 heteroatoms. The smallest absolute Gasteiger partial charge is 0.326 e. The number of thioether (sulfide) groups is 1. The fourth-order valence-electron chi connectivity index (χ4n) is 3.36. The first kappa shape index (κ1) is 23.8. The molecule has 0 aromatic heterocycles. The maximum absolute atomic E-state index is 12.9. The third-order valence-electron chi connectivity index (χ3n) is 4.65. The van der Waals surface area contributed by atoms with Crippen LogP contribution in [0.5, 0.6) is 0 Å². The minimum Gasteiger partial charge on any atom is -0.481 e. The van der Waals surface area contributed by atoms with Gasteiger partial charge in [-0.1, -0.05) is 34.6 Å². The van der Waals surface area contributed by atoms with E-state index in [0.29, 0.717) is 6.42 Å². The standard InChI is InChI=1S/C18H31NO5S.Fm/c1-10(2)8-12(13(16(21)22)11-6-7-25-9-11)15(20)19-14(17(23)24)18(3,4)5;/h10-14H,6-9H2,1-5H3,(H,19,20)(H,21,22)(H,23,24);. The fraction of sp³-hybridized carbons (Fsp3) is 0.833. The molecule has 0 saturated carbocycles. The molecule has 0 radical (unpaired) electrons. The number of rotatable bonds is 8. The van der Waals surface area contributed by atoms with E-state index in [1.165, 1.54) is 0 Å². The van der Waals surface area contributed by atoms with Gasteiger partial charge in [0.15, 0.2) is 0 Å². The number of carboxylic acids is 2. The zero-order valence-electron chi connectivity index (χ0n) is 16.0. The maximum atomic E-state index is 12.9. The van der Waals surface area contributed by atoms with Crippen molar-refractivity contribution in [1.82, 2.24) is 5.32 Å². The van der Waals surface area contributed by atoms with Gasteiger partial charge in [-0.25, -0.2) is 4.79 Å². The van der Waals surface area contributed by atoms with Crippen molar-refractivity contribution in [1.29, 1.82) is 0 Å². The van der Waals surface area contributed by atoms with Gasteiger partial charge in [0, 0.05) is 0 Å². The summed E-state index contributed by atoms with van der Waals surface area (Å²) in [6.07, 6.45) is 1.21. The predicted molar refractivity (Wildman–Crippen MR) is 98.5 cm³/mol. The van der Waals surface area contributed by atoms with E-state index in [2.05, 4.69) is 5.32 Å². The first-order chi connectivity index (χ1) is 11.4. The third-order valence-corrected chi connectivity index (χ3v) is 5.84. The van der Waals surface area contributed by atoms with E-state index < -0.39 is 41.1 Å². The topological polar surface area (TPSA) is 104 Å². The molecule has 1 heterocycles. The normalized spacial score (nSPS) is 20.8. The van der Waals surface area contributed by atoms with Crippen molar-refractivity contribution in [2.24, 2.45) is 29.1 Å². The maximum Gasteiger partial charge on any atom is 0.326 e. The molecule has 3 N–H and O–H groups in total. The quantitative estimate of drug-likeness (QED) is 0.382. The molecule has 0 bridgehead atoms. The van der Waals surface area contributed by atoms with Crippen molar-refractivity contribution in [3.05, 3.63) is 0 Å². The summed E-state index contributed by atoms with van der Waals surface area (Å²) in [6, 6.07) is -1.05. The first-order valence-corrected chi connectivity index (χ1v) is 9.94. The van der Waals surface area contributed by atoms with Crippen LogP contribution in [0.3, 0.4) is 0 Å². The summed E-state index contributed by atoms with van der Waals surface area (Å²) >= 11 is 1.71. The van der Waals surface area contributed by atoms with Crippen molar-refractivity contribution in [2.75, 3.05) is 11.5 Å². The van der Waals surface area contributed by atoms with Gasteiger partial charge in [0.1, 0.15) is 6.04 Å². The van der Waals surface area contributed by atoms with E-state index in [1.54, 1.807) is 32.5 Å². The zero-order chi connectivity index (χ0) is 19.4. The number of nitrogens with one attached hydrogen (secondary N) is 1. The molecule has 4 atom stereocenters. The third kappa shape index (κ3) is 6.24. The summed E-state index contributed by atoms with van der Waals surface area (Å²) in [5, 5.41) is 21.8. The van der Waals surface area contributed by atoms with Crippen LogP contribution >= 0.6 is 11.8 Å². The van der Waals surface area contributed by atoms with E-state index in [-0.39, 0.29) is 11.8 Å². The van der Waals surface area contributed by atoms with Crippen LogP contribution in [-0.4, -0.2) is 45.6 Å². The summed E-state index contributed by atoms with van der Waals surface area (Å²) in [7, 11) is 0. The summed E-state index contributed by atoms with van der Waals surface area (Å²) in [4.78, 5) is 36.4. The van der Waals surface area contributed by atoms with E-state index in [4.69, 9.17) is 0 Å². The minimum atomic E-state index is -1.10. The van der Waals surface area contributed by atoms with Gasteiger partial charge in [0.2, 0.25) is 5.91 Å². The molecule has 0 spiro atoms. The van der Waals surface area contributed by atoms with Crippen LogP contribution in [0.25, 0.3) is 0 Å². The molecular formula is C18H31FmNO5S. The van der Waals surface area contributed by atoms with Crippen LogP contribution in [0.1, 0.15) is 47.5 Å². The molecule has 4 unspecified atom stereocenters. The van der Waals surface area contributed by atoms with E-state index in [0.717, 1.165) is 17.9 Å². The fourth-order valence-corrected chi connectivity index (χ4v) is 4.67. The first-order valence-electron chi connectivity index (χ1n) is 8.78. The van der Waals surface area contributed by atoms with Crippen molar-refractivity contribution in [2.45, 2.75) is 53.5 Å². The number of carbonyl (C=O) groups excluding carboxylic acids is 1. The van der Waals surface area contributed by atoms with E-state index in [1.807, 2.05) is 13.8 Å². The second-order valence-corrected chi connectivity index (χ2v) is 9.52. The number of aliphatic carboxylic acids is 2. The Bertz CT molecular complexity index is 500. The van der Waals surface area contributed by atoms with Gasteiger partial charge in [0.25, 0.3) is 0 Å². The molecule has 1 saturated heterocycles. The molecule has 26 heavy (non-hydrogen) atoms. The van der Waals surface area contributed by atoms with Crippen molar-refractivity contribution in [3.8, 4) is 0 Å².